The predicted molar refractivity (Wildman–Crippen MR) is 58.5 cm³/mol. The van der Waals surface area contributed by atoms with Crippen LogP contribution >= 0.6 is 11.3 Å². The Morgan fingerprint density at radius 2 is 2.12 bits per heavy atom. The highest BCUT2D eigenvalue weighted by Gasteiger charge is 2.19. The van der Waals surface area contributed by atoms with Crippen molar-refractivity contribution in [1.82, 2.24) is 4.72 Å². The van der Waals surface area contributed by atoms with Crippen LogP contribution in [0.3, 0.4) is 0 Å². The van der Waals surface area contributed by atoms with Crippen LogP contribution in [0.2, 0.25) is 0 Å². The maximum Gasteiger partial charge on any atom is 0.345 e. The van der Waals surface area contributed by atoms with E-state index in [-0.39, 0.29) is 9.09 Å². The molecule has 0 saturated carbocycles. The summed E-state index contributed by atoms with van der Waals surface area (Å²) in [5.41, 5.74) is 0. The Morgan fingerprint density at radius 3 is 2.59 bits per heavy atom. The fourth-order valence-corrected chi connectivity index (χ4v) is 3.04. The molecule has 0 aliphatic carbocycles. The topological polar surface area (TPSA) is 110 Å². The molecule has 0 radical (unpaired) electrons. The van der Waals surface area contributed by atoms with Gasteiger partial charge in [0.2, 0.25) is 0 Å². The molecular weight excluding hydrogens is 270 g/mol. The van der Waals surface area contributed by atoms with E-state index in [1.165, 1.54) is 6.07 Å². The second kappa shape index (κ2) is 5.25. The zero-order chi connectivity index (χ0) is 13.1. The van der Waals surface area contributed by atoms with Gasteiger partial charge in [-0.05, 0) is 12.1 Å². The van der Waals surface area contributed by atoms with E-state index >= 15 is 0 Å². The molecule has 1 rings (SSSR count). The van der Waals surface area contributed by atoms with Gasteiger partial charge in [0.05, 0.1) is 7.11 Å². The summed E-state index contributed by atoms with van der Waals surface area (Å²) in [5, 5.41) is 8.64. The molecule has 0 amide bonds. The first-order chi connectivity index (χ1) is 7.86. The van der Waals surface area contributed by atoms with E-state index < -0.39 is 28.5 Å². The summed E-state index contributed by atoms with van der Waals surface area (Å²) >= 11 is 0.605. The van der Waals surface area contributed by atoms with Crippen LogP contribution in [0.25, 0.3) is 0 Å². The molecule has 0 aromatic carbocycles. The van der Waals surface area contributed by atoms with E-state index in [0.717, 1.165) is 13.2 Å². The predicted octanol–water partition coefficient (Wildman–Crippen LogP) is -0.102. The summed E-state index contributed by atoms with van der Waals surface area (Å²) in [6.45, 7) is -0.501. The molecule has 0 atom stereocenters. The maximum absolute atomic E-state index is 11.6. The van der Waals surface area contributed by atoms with Crippen molar-refractivity contribution in [1.29, 1.82) is 0 Å². The number of aromatic carboxylic acids is 1. The highest BCUT2D eigenvalue weighted by molar-refractivity contribution is 7.91. The number of rotatable bonds is 5. The summed E-state index contributed by atoms with van der Waals surface area (Å²) in [6.07, 6.45) is 0. The summed E-state index contributed by atoms with van der Waals surface area (Å²) in [5.74, 6) is -1.94. The number of thiophene rings is 1. The van der Waals surface area contributed by atoms with E-state index in [1.807, 2.05) is 4.72 Å². The molecule has 0 unspecified atom stereocenters. The Kier molecular flexibility index (Phi) is 4.21. The maximum atomic E-state index is 11.6. The first kappa shape index (κ1) is 13.6. The smallest absolute Gasteiger partial charge is 0.345 e. The summed E-state index contributed by atoms with van der Waals surface area (Å²) in [6, 6.07) is 2.34. The first-order valence-corrected chi connectivity index (χ1v) is 6.56. The molecule has 2 N–H and O–H groups in total. The van der Waals surface area contributed by atoms with Crippen molar-refractivity contribution in [3.8, 4) is 0 Å². The van der Waals surface area contributed by atoms with E-state index in [2.05, 4.69) is 4.74 Å². The van der Waals surface area contributed by atoms with Crippen molar-refractivity contribution in [2.24, 2.45) is 0 Å². The quantitative estimate of drug-likeness (QED) is 0.728. The van der Waals surface area contributed by atoms with Gasteiger partial charge in [-0.1, -0.05) is 0 Å². The Balaban J connectivity index is 2.82. The zero-order valence-corrected chi connectivity index (χ0v) is 10.3. The third-order valence-electron chi connectivity index (χ3n) is 1.69. The van der Waals surface area contributed by atoms with Crippen LogP contribution in [0.5, 0.6) is 0 Å². The Bertz CT molecular complexity index is 532. The number of nitrogens with one attached hydrogen (secondary N) is 1. The van der Waals surface area contributed by atoms with Crippen LogP contribution in [0, 0.1) is 0 Å². The third kappa shape index (κ3) is 3.51. The van der Waals surface area contributed by atoms with E-state index in [9.17, 15) is 18.0 Å². The van der Waals surface area contributed by atoms with Crippen molar-refractivity contribution in [3.05, 3.63) is 17.0 Å². The van der Waals surface area contributed by atoms with E-state index in [4.69, 9.17) is 5.11 Å². The van der Waals surface area contributed by atoms with Gasteiger partial charge in [-0.15, -0.1) is 11.3 Å². The third-order valence-corrected chi connectivity index (χ3v) is 4.66. The first-order valence-electron chi connectivity index (χ1n) is 4.26. The number of carboxylic acids is 1. The SMILES string of the molecule is COC(=O)CNS(=O)(=O)c1ccc(C(=O)O)s1. The molecule has 0 spiro atoms. The van der Waals surface area contributed by atoms with E-state index in [0.29, 0.717) is 11.3 Å². The fraction of sp³-hybridized carbons (Fsp3) is 0.250. The lowest BCUT2D eigenvalue weighted by Gasteiger charge is -2.02. The van der Waals surface area contributed by atoms with Gasteiger partial charge in [0, 0.05) is 0 Å². The van der Waals surface area contributed by atoms with Crippen molar-refractivity contribution >= 4 is 33.3 Å². The normalized spacial score (nSPS) is 11.1. The standard InChI is InChI=1S/C8H9NO6S2/c1-15-6(10)4-9-17(13,14)7-3-2-5(16-7)8(11)12/h2-3,9H,4H2,1H3,(H,11,12). The Labute approximate surface area is 101 Å². The van der Waals surface area contributed by atoms with Gasteiger partial charge in [-0.25, -0.2) is 13.2 Å². The molecule has 1 heterocycles. The van der Waals surface area contributed by atoms with Gasteiger partial charge >= 0.3 is 11.9 Å². The van der Waals surface area contributed by atoms with Gasteiger partial charge in [0.15, 0.2) is 0 Å². The van der Waals surface area contributed by atoms with Crippen LogP contribution < -0.4 is 4.72 Å². The molecule has 0 fully saturated rings. The van der Waals surface area contributed by atoms with Crippen LogP contribution in [-0.2, 0) is 19.6 Å². The van der Waals surface area contributed by atoms with Crippen LogP contribution in [-0.4, -0.2) is 39.1 Å². The summed E-state index contributed by atoms with van der Waals surface area (Å²) in [4.78, 5) is 21.2. The van der Waals surface area contributed by atoms with Gasteiger partial charge < -0.3 is 9.84 Å². The van der Waals surface area contributed by atoms with Gasteiger partial charge in [-0.3, -0.25) is 4.79 Å². The average molecular weight is 279 g/mol. The molecule has 0 aliphatic rings. The van der Waals surface area contributed by atoms with Gasteiger partial charge in [0.1, 0.15) is 15.6 Å². The summed E-state index contributed by atoms with van der Waals surface area (Å²) < 4.78 is 29.3. The lowest BCUT2D eigenvalue weighted by molar-refractivity contribution is -0.139. The molecule has 0 bridgehead atoms. The lowest BCUT2D eigenvalue weighted by atomic mass is 10.5. The number of methoxy groups -OCH3 is 1. The minimum absolute atomic E-state index is 0.0940. The van der Waals surface area contributed by atoms with Crippen LogP contribution in [0.4, 0.5) is 0 Å². The number of sulfonamides is 1. The number of carbonyl (C=O) groups excluding carboxylic acids is 1. The second-order valence-electron chi connectivity index (χ2n) is 2.82. The minimum atomic E-state index is -3.87. The molecule has 0 saturated heterocycles. The van der Waals surface area contributed by atoms with Crippen LogP contribution in [0.15, 0.2) is 16.3 Å². The molecule has 1 aromatic rings. The molecule has 1 aromatic heterocycles. The van der Waals surface area contributed by atoms with Crippen LogP contribution in [0.1, 0.15) is 9.67 Å². The lowest BCUT2D eigenvalue weighted by Crippen LogP contribution is -2.29. The number of carbonyl (C=O) groups is 2. The van der Waals surface area contributed by atoms with Crippen molar-refractivity contribution < 1.29 is 27.9 Å². The highest BCUT2D eigenvalue weighted by atomic mass is 32.2. The highest BCUT2D eigenvalue weighted by Crippen LogP contribution is 2.21. The number of carboxylic acid groups (broad SMARTS) is 1. The minimum Gasteiger partial charge on any atom is -0.477 e. The molecule has 0 aliphatic heterocycles. The fourth-order valence-electron chi connectivity index (χ4n) is 0.877. The number of hydrogen-bond acceptors (Lipinski definition) is 6. The Morgan fingerprint density at radius 1 is 1.47 bits per heavy atom. The van der Waals surface area contributed by atoms with Gasteiger partial charge in [-0.2, -0.15) is 4.72 Å². The van der Waals surface area contributed by atoms with E-state index in [1.54, 1.807) is 0 Å². The largest absolute Gasteiger partial charge is 0.477 e. The van der Waals surface area contributed by atoms with Crippen molar-refractivity contribution in [2.45, 2.75) is 4.21 Å². The zero-order valence-electron chi connectivity index (χ0n) is 8.67. The molecule has 7 nitrogen and oxygen atoms in total. The van der Waals surface area contributed by atoms with Crippen molar-refractivity contribution in [3.63, 3.8) is 0 Å². The number of ether oxygens (including phenoxy) is 1. The molecular formula is C8H9NO6S2. The van der Waals surface area contributed by atoms with Crippen molar-refractivity contribution in [2.75, 3.05) is 13.7 Å². The average Bonchev–Trinajstić information content (AvgIpc) is 2.76. The van der Waals surface area contributed by atoms with Gasteiger partial charge in [0.25, 0.3) is 10.0 Å². The second-order valence-corrected chi connectivity index (χ2v) is 5.90. The summed E-state index contributed by atoms with van der Waals surface area (Å²) in [7, 11) is -2.74. The molecule has 94 valence electrons. The molecule has 17 heavy (non-hydrogen) atoms. The Hall–Kier alpha value is -1.45. The number of hydrogen-bond donors (Lipinski definition) is 2. The molecule has 9 heteroatoms. The monoisotopic (exact) mass is 279 g/mol. The number of esters is 1.